The van der Waals surface area contributed by atoms with E-state index in [1.807, 2.05) is 24.3 Å². The van der Waals surface area contributed by atoms with Gasteiger partial charge in [0.2, 0.25) is 0 Å². The first-order valence-corrected chi connectivity index (χ1v) is 7.95. The third-order valence-corrected chi connectivity index (χ3v) is 3.97. The highest BCUT2D eigenvalue weighted by molar-refractivity contribution is 7.16. The summed E-state index contributed by atoms with van der Waals surface area (Å²) in [5.74, 6) is 0.681. The second-order valence-electron chi connectivity index (χ2n) is 4.55. The second kappa shape index (κ2) is 8.63. The number of para-hydroxylation sites is 1. The molecule has 2 rings (SSSR count). The fourth-order valence-corrected chi connectivity index (χ4v) is 2.68. The van der Waals surface area contributed by atoms with E-state index in [0.29, 0.717) is 16.6 Å². The first-order chi connectivity index (χ1) is 10.6. The molecule has 0 fully saturated rings. The highest BCUT2D eigenvalue weighted by Gasteiger charge is 2.08. The molecular formula is C15H17ClN2O3S. The number of ether oxygens (including phenoxy) is 1. The lowest BCUT2D eigenvalue weighted by atomic mass is 10.3. The number of halogens is 1. The predicted octanol–water partition coefficient (Wildman–Crippen LogP) is 2.64. The van der Waals surface area contributed by atoms with E-state index in [1.165, 1.54) is 11.3 Å². The van der Waals surface area contributed by atoms with E-state index in [2.05, 4.69) is 10.6 Å². The van der Waals surface area contributed by atoms with Crippen molar-refractivity contribution in [3.8, 4) is 5.75 Å². The molecule has 5 nitrogen and oxygen atoms in total. The Morgan fingerprint density at radius 3 is 2.68 bits per heavy atom. The van der Waals surface area contributed by atoms with Gasteiger partial charge in [-0.2, -0.15) is 0 Å². The third-order valence-electron chi connectivity index (χ3n) is 2.74. The molecule has 3 N–H and O–H groups in total. The number of aliphatic hydroxyl groups excluding tert-OH is 1. The van der Waals surface area contributed by atoms with E-state index in [9.17, 15) is 9.90 Å². The van der Waals surface area contributed by atoms with Crippen LogP contribution in [-0.2, 0) is 6.54 Å². The molecule has 1 atom stereocenters. The minimum atomic E-state index is -0.776. The maximum absolute atomic E-state index is 11.6. The zero-order valence-electron chi connectivity index (χ0n) is 11.8. The van der Waals surface area contributed by atoms with Crippen molar-refractivity contribution in [2.75, 3.05) is 13.2 Å². The van der Waals surface area contributed by atoms with Gasteiger partial charge in [-0.1, -0.05) is 29.8 Å². The van der Waals surface area contributed by atoms with Crippen molar-refractivity contribution in [1.82, 2.24) is 10.6 Å². The largest absolute Gasteiger partial charge is 0.491 e. The standard InChI is InChI=1S/C15H17ClN2O3S/c16-14-7-6-13(22-14)9-18-15(20)17-8-11(19)10-21-12-4-2-1-3-5-12/h1-7,11,19H,8-10H2,(H2,17,18,20). The van der Waals surface area contributed by atoms with Crippen LogP contribution < -0.4 is 15.4 Å². The minimum Gasteiger partial charge on any atom is -0.491 e. The maximum atomic E-state index is 11.6. The normalized spacial score (nSPS) is 11.7. The van der Waals surface area contributed by atoms with Crippen molar-refractivity contribution >= 4 is 29.0 Å². The van der Waals surface area contributed by atoms with Crippen molar-refractivity contribution in [3.05, 3.63) is 51.7 Å². The van der Waals surface area contributed by atoms with Crippen LogP contribution in [0.15, 0.2) is 42.5 Å². The molecule has 22 heavy (non-hydrogen) atoms. The van der Waals surface area contributed by atoms with Crippen LogP contribution in [0.25, 0.3) is 0 Å². The summed E-state index contributed by atoms with van der Waals surface area (Å²) in [6.45, 7) is 0.633. The molecule has 0 spiro atoms. The molecule has 1 aromatic carbocycles. The SMILES string of the molecule is O=C(NCc1ccc(Cl)s1)NCC(O)COc1ccccc1. The molecule has 7 heteroatoms. The average molecular weight is 341 g/mol. The van der Waals surface area contributed by atoms with Gasteiger partial charge in [-0.15, -0.1) is 11.3 Å². The lowest BCUT2D eigenvalue weighted by Gasteiger charge is -2.13. The molecule has 1 aromatic heterocycles. The number of rotatable bonds is 7. The van der Waals surface area contributed by atoms with Crippen LogP contribution in [0.3, 0.4) is 0 Å². The van der Waals surface area contributed by atoms with E-state index >= 15 is 0 Å². The van der Waals surface area contributed by atoms with Gasteiger partial charge in [-0.25, -0.2) is 4.79 Å². The first-order valence-electron chi connectivity index (χ1n) is 6.75. The fourth-order valence-electron chi connectivity index (χ4n) is 1.66. The van der Waals surface area contributed by atoms with Crippen molar-refractivity contribution in [2.24, 2.45) is 0 Å². The Labute approximate surface area is 137 Å². The summed E-state index contributed by atoms with van der Waals surface area (Å²) >= 11 is 7.22. The molecule has 0 aliphatic heterocycles. The molecule has 0 aliphatic rings. The van der Waals surface area contributed by atoms with Gasteiger partial charge in [-0.3, -0.25) is 0 Å². The number of aliphatic hydroxyl groups is 1. The summed E-state index contributed by atoms with van der Waals surface area (Å²) in [7, 11) is 0. The van der Waals surface area contributed by atoms with Crippen LogP contribution in [0.1, 0.15) is 4.88 Å². The number of urea groups is 1. The van der Waals surface area contributed by atoms with Gasteiger partial charge in [0.25, 0.3) is 0 Å². The molecule has 0 bridgehead atoms. The van der Waals surface area contributed by atoms with Gasteiger partial charge in [0.15, 0.2) is 0 Å². The molecule has 0 saturated carbocycles. The van der Waals surface area contributed by atoms with E-state index < -0.39 is 6.10 Å². The molecule has 2 amide bonds. The Morgan fingerprint density at radius 1 is 1.23 bits per heavy atom. The van der Waals surface area contributed by atoms with Gasteiger partial charge in [0, 0.05) is 11.4 Å². The van der Waals surface area contributed by atoms with Gasteiger partial charge in [0.1, 0.15) is 18.5 Å². The number of hydrogen-bond acceptors (Lipinski definition) is 4. The van der Waals surface area contributed by atoms with Gasteiger partial charge in [0.05, 0.1) is 10.9 Å². The van der Waals surface area contributed by atoms with Crippen LogP contribution in [0, 0.1) is 0 Å². The van der Waals surface area contributed by atoms with E-state index in [4.69, 9.17) is 16.3 Å². The Kier molecular flexibility index (Phi) is 6.51. The second-order valence-corrected chi connectivity index (χ2v) is 6.35. The van der Waals surface area contributed by atoms with Crippen molar-refractivity contribution in [1.29, 1.82) is 0 Å². The first kappa shape index (κ1) is 16.6. The molecule has 0 radical (unpaired) electrons. The topological polar surface area (TPSA) is 70.6 Å². The average Bonchev–Trinajstić information content (AvgIpc) is 2.95. The molecule has 1 unspecified atom stereocenters. The van der Waals surface area contributed by atoms with Gasteiger partial charge >= 0.3 is 6.03 Å². The predicted molar refractivity (Wildman–Crippen MR) is 87.5 cm³/mol. The highest BCUT2D eigenvalue weighted by atomic mass is 35.5. The Bertz CT molecular complexity index is 591. The van der Waals surface area contributed by atoms with Crippen molar-refractivity contribution in [3.63, 3.8) is 0 Å². The van der Waals surface area contributed by atoms with Crippen molar-refractivity contribution in [2.45, 2.75) is 12.6 Å². The van der Waals surface area contributed by atoms with Gasteiger partial charge < -0.3 is 20.5 Å². The number of thiophene rings is 1. The Morgan fingerprint density at radius 2 is 2.00 bits per heavy atom. The molecular weight excluding hydrogens is 324 g/mol. The van der Waals surface area contributed by atoms with Crippen LogP contribution in [0.4, 0.5) is 4.79 Å². The molecule has 0 saturated heterocycles. The molecule has 118 valence electrons. The van der Waals surface area contributed by atoms with Crippen LogP contribution in [0.5, 0.6) is 5.75 Å². The number of carbonyl (C=O) groups excluding carboxylic acids is 1. The van der Waals surface area contributed by atoms with Crippen LogP contribution in [-0.4, -0.2) is 30.4 Å². The summed E-state index contributed by atoms with van der Waals surface area (Å²) in [6.07, 6.45) is -0.776. The Balaban J connectivity index is 1.61. The number of benzene rings is 1. The third kappa shape index (κ3) is 5.93. The lowest BCUT2D eigenvalue weighted by molar-refractivity contribution is 0.108. The number of hydrogen-bond donors (Lipinski definition) is 3. The fraction of sp³-hybridized carbons (Fsp3) is 0.267. The molecule has 0 aliphatic carbocycles. The maximum Gasteiger partial charge on any atom is 0.315 e. The van der Waals surface area contributed by atoms with E-state index in [-0.39, 0.29) is 19.2 Å². The quantitative estimate of drug-likeness (QED) is 0.725. The summed E-state index contributed by atoms with van der Waals surface area (Å²) in [5, 5.41) is 15.0. The van der Waals surface area contributed by atoms with Crippen LogP contribution >= 0.6 is 22.9 Å². The highest BCUT2D eigenvalue weighted by Crippen LogP contribution is 2.20. The minimum absolute atomic E-state index is 0.115. The zero-order valence-corrected chi connectivity index (χ0v) is 13.4. The summed E-state index contributed by atoms with van der Waals surface area (Å²) < 4.78 is 6.08. The van der Waals surface area contributed by atoms with Crippen LogP contribution in [0.2, 0.25) is 4.34 Å². The van der Waals surface area contributed by atoms with E-state index in [0.717, 1.165) is 4.88 Å². The Hall–Kier alpha value is -1.76. The monoisotopic (exact) mass is 340 g/mol. The smallest absolute Gasteiger partial charge is 0.315 e. The molecule has 1 heterocycles. The number of nitrogens with one attached hydrogen (secondary N) is 2. The van der Waals surface area contributed by atoms with Crippen molar-refractivity contribution < 1.29 is 14.6 Å². The molecule has 2 aromatic rings. The lowest BCUT2D eigenvalue weighted by Crippen LogP contribution is -2.40. The summed E-state index contributed by atoms with van der Waals surface area (Å²) in [4.78, 5) is 12.6. The zero-order chi connectivity index (χ0) is 15.8. The van der Waals surface area contributed by atoms with E-state index in [1.54, 1.807) is 18.2 Å². The number of carbonyl (C=O) groups is 1. The van der Waals surface area contributed by atoms with Gasteiger partial charge in [-0.05, 0) is 24.3 Å². The number of amides is 2. The summed E-state index contributed by atoms with van der Waals surface area (Å²) in [5.41, 5.74) is 0. The summed E-state index contributed by atoms with van der Waals surface area (Å²) in [6, 6.07) is 12.5.